The van der Waals surface area contributed by atoms with Crippen LogP contribution in [-0.2, 0) is 6.42 Å². The van der Waals surface area contributed by atoms with Crippen LogP contribution in [0.5, 0.6) is 5.75 Å². The molecule has 1 heterocycles. The highest BCUT2D eigenvalue weighted by molar-refractivity contribution is 5.30. The smallest absolute Gasteiger partial charge is 0.251 e. The summed E-state index contributed by atoms with van der Waals surface area (Å²) in [6.07, 6.45) is 0.591. The number of nitrogens with zero attached hydrogens (tertiary/aromatic N) is 1. The van der Waals surface area contributed by atoms with E-state index in [-0.39, 0.29) is 5.56 Å². The van der Waals surface area contributed by atoms with E-state index in [1.165, 1.54) is 6.07 Å². The van der Waals surface area contributed by atoms with Crippen molar-refractivity contribution in [2.75, 3.05) is 7.11 Å². The Hall–Kier alpha value is -2.10. The van der Waals surface area contributed by atoms with Crippen LogP contribution in [0.3, 0.4) is 0 Å². The first-order valence-electron chi connectivity index (χ1n) is 5.37. The van der Waals surface area contributed by atoms with Gasteiger partial charge in [-0.15, -0.1) is 0 Å². The fraction of sp³-hybridized carbons (Fsp3) is 0.231. The minimum atomic E-state index is -0.115. The molecule has 0 fully saturated rings. The average molecular weight is 230 g/mol. The van der Waals surface area contributed by atoms with Crippen LogP contribution in [0.4, 0.5) is 0 Å². The molecule has 17 heavy (non-hydrogen) atoms. The van der Waals surface area contributed by atoms with Gasteiger partial charge in [0, 0.05) is 18.2 Å². The molecule has 0 unspecified atom stereocenters. The van der Waals surface area contributed by atoms with Gasteiger partial charge in [0.15, 0.2) is 0 Å². The second-order valence-electron chi connectivity index (χ2n) is 3.86. The van der Waals surface area contributed by atoms with E-state index in [1.807, 2.05) is 31.2 Å². The summed E-state index contributed by atoms with van der Waals surface area (Å²) in [5.41, 5.74) is 1.67. The average Bonchev–Trinajstić information content (AvgIpc) is 2.28. The maximum absolute atomic E-state index is 11.3. The second-order valence-corrected chi connectivity index (χ2v) is 3.86. The van der Waals surface area contributed by atoms with Gasteiger partial charge in [-0.05, 0) is 24.6 Å². The second kappa shape index (κ2) is 4.82. The highest BCUT2D eigenvalue weighted by atomic mass is 16.5. The Morgan fingerprint density at radius 3 is 2.88 bits per heavy atom. The molecule has 1 aromatic carbocycles. The van der Waals surface area contributed by atoms with Crippen LogP contribution < -0.4 is 10.3 Å². The van der Waals surface area contributed by atoms with E-state index in [0.717, 1.165) is 17.0 Å². The minimum Gasteiger partial charge on any atom is -0.497 e. The van der Waals surface area contributed by atoms with Crippen LogP contribution in [0.1, 0.15) is 17.1 Å². The third kappa shape index (κ3) is 2.93. The van der Waals surface area contributed by atoms with Crippen LogP contribution >= 0.6 is 0 Å². The van der Waals surface area contributed by atoms with Gasteiger partial charge in [-0.25, -0.2) is 4.98 Å². The molecule has 0 amide bonds. The number of benzene rings is 1. The molecule has 1 aromatic heterocycles. The number of H-pyrrole nitrogens is 1. The predicted octanol–water partition coefficient (Wildman–Crippen LogP) is 1.68. The number of rotatable bonds is 3. The van der Waals surface area contributed by atoms with Gasteiger partial charge in [-0.2, -0.15) is 0 Å². The van der Waals surface area contributed by atoms with Gasteiger partial charge in [0.05, 0.1) is 7.11 Å². The Bertz CT molecular complexity index is 576. The summed E-state index contributed by atoms with van der Waals surface area (Å²) in [5.74, 6) is 1.47. The Labute approximate surface area is 99.3 Å². The standard InChI is InChI=1S/C13H14N2O2/c1-9-6-13(16)15-12(14-9)8-10-4-3-5-11(7-10)17-2/h3-7H,8H2,1-2H3,(H,14,15,16). The molecule has 0 aliphatic heterocycles. The summed E-state index contributed by atoms with van der Waals surface area (Å²) in [6.45, 7) is 1.81. The van der Waals surface area contributed by atoms with Crippen LogP contribution in [0.15, 0.2) is 35.1 Å². The molecule has 0 atom stereocenters. The third-order valence-electron chi connectivity index (χ3n) is 2.42. The monoisotopic (exact) mass is 230 g/mol. The molecule has 2 aromatic rings. The number of nitrogens with one attached hydrogen (secondary N) is 1. The highest BCUT2D eigenvalue weighted by Crippen LogP contribution is 2.14. The van der Waals surface area contributed by atoms with Crippen LogP contribution in [0.2, 0.25) is 0 Å². The zero-order valence-electron chi connectivity index (χ0n) is 9.86. The molecular formula is C13H14N2O2. The summed E-state index contributed by atoms with van der Waals surface area (Å²) >= 11 is 0. The summed E-state index contributed by atoms with van der Waals surface area (Å²) < 4.78 is 5.15. The molecule has 0 saturated carbocycles. The molecule has 2 rings (SSSR count). The van der Waals surface area contributed by atoms with Crippen LogP contribution in [0, 0.1) is 6.92 Å². The molecule has 1 N–H and O–H groups in total. The topological polar surface area (TPSA) is 55.0 Å². The van der Waals surface area contributed by atoms with E-state index in [4.69, 9.17) is 4.74 Å². The SMILES string of the molecule is COc1cccc(Cc2nc(C)cc(=O)[nH]2)c1. The lowest BCUT2D eigenvalue weighted by Crippen LogP contribution is -2.11. The van der Waals surface area contributed by atoms with Crippen molar-refractivity contribution in [3.63, 3.8) is 0 Å². The Balaban J connectivity index is 2.27. The van der Waals surface area contributed by atoms with Crippen molar-refractivity contribution >= 4 is 0 Å². The van der Waals surface area contributed by atoms with E-state index < -0.39 is 0 Å². The molecule has 0 spiro atoms. The predicted molar refractivity (Wildman–Crippen MR) is 65.4 cm³/mol. The van der Waals surface area contributed by atoms with Gasteiger partial charge >= 0.3 is 0 Å². The molecule has 4 nitrogen and oxygen atoms in total. The molecule has 4 heteroatoms. The molecule has 0 aliphatic carbocycles. The van der Waals surface area contributed by atoms with Gasteiger partial charge in [0.1, 0.15) is 11.6 Å². The number of ether oxygens (including phenoxy) is 1. The van der Waals surface area contributed by atoms with E-state index in [0.29, 0.717) is 12.2 Å². The summed E-state index contributed by atoms with van der Waals surface area (Å²) in [5, 5.41) is 0. The Kier molecular flexibility index (Phi) is 3.23. The van der Waals surface area contributed by atoms with Crippen LogP contribution in [-0.4, -0.2) is 17.1 Å². The summed E-state index contributed by atoms with van der Waals surface area (Å²) in [4.78, 5) is 18.3. The third-order valence-corrected chi connectivity index (χ3v) is 2.42. The maximum atomic E-state index is 11.3. The van der Waals surface area contributed by atoms with E-state index in [2.05, 4.69) is 9.97 Å². The van der Waals surface area contributed by atoms with Crippen molar-refractivity contribution in [1.82, 2.24) is 9.97 Å². The van der Waals surface area contributed by atoms with Crippen LogP contribution in [0.25, 0.3) is 0 Å². The normalized spacial score (nSPS) is 10.2. The quantitative estimate of drug-likeness (QED) is 0.872. The van der Waals surface area contributed by atoms with E-state index in [9.17, 15) is 4.79 Å². The molecule has 0 radical (unpaired) electrons. The largest absolute Gasteiger partial charge is 0.497 e. The fourth-order valence-corrected chi connectivity index (χ4v) is 1.70. The fourth-order valence-electron chi connectivity index (χ4n) is 1.70. The lowest BCUT2D eigenvalue weighted by Gasteiger charge is -2.04. The Morgan fingerprint density at radius 2 is 2.18 bits per heavy atom. The number of aryl methyl sites for hydroxylation is 1. The molecule has 0 saturated heterocycles. The van der Waals surface area contributed by atoms with Crippen molar-refractivity contribution in [1.29, 1.82) is 0 Å². The van der Waals surface area contributed by atoms with Crippen molar-refractivity contribution in [3.8, 4) is 5.75 Å². The first kappa shape index (κ1) is 11.4. The lowest BCUT2D eigenvalue weighted by molar-refractivity contribution is 0.414. The number of hydrogen-bond acceptors (Lipinski definition) is 3. The van der Waals surface area contributed by atoms with Gasteiger partial charge in [-0.1, -0.05) is 12.1 Å². The Morgan fingerprint density at radius 1 is 1.35 bits per heavy atom. The molecule has 0 bridgehead atoms. The van der Waals surface area contributed by atoms with Crippen molar-refractivity contribution in [3.05, 3.63) is 57.8 Å². The minimum absolute atomic E-state index is 0.115. The van der Waals surface area contributed by atoms with Gasteiger partial charge in [0.25, 0.3) is 5.56 Å². The van der Waals surface area contributed by atoms with Gasteiger partial charge in [0.2, 0.25) is 0 Å². The number of hydrogen-bond donors (Lipinski definition) is 1. The highest BCUT2D eigenvalue weighted by Gasteiger charge is 2.01. The van der Waals surface area contributed by atoms with Crippen molar-refractivity contribution in [2.24, 2.45) is 0 Å². The van der Waals surface area contributed by atoms with E-state index in [1.54, 1.807) is 7.11 Å². The first-order chi connectivity index (χ1) is 8.17. The zero-order valence-corrected chi connectivity index (χ0v) is 9.86. The number of aromatic nitrogens is 2. The molecule has 0 aliphatic rings. The summed E-state index contributed by atoms with van der Waals surface area (Å²) in [6, 6.07) is 9.19. The van der Waals surface area contributed by atoms with Crippen molar-refractivity contribution in [2.45, 2.75) is 13.3 Å². The summed E-state index contributed by atoms with van der Waals surface area (Å²) in [7, 11) is 1.63. The number of aromatic amines is 1. The number of methoxy groups -OCH3 is 1. The van der Waals surface area contributed by atoms with E-state index >= 15 is 0 Å². The van der Waals surface area contributed by atoms with Gasteiger partial charge in [-0.3, -0.25) is 4.79 Å². The first-order valence-corrected chi connectivity index (χ1v) is 5.37. The lowest BCUT2D eigenvalue weighted by atomic mass is 10.1. The van der Waals surface area contributed by atoms with Crippen molar-refractivity contribution < 1.29 is 4.74 Å². The molecule has 88 valence electrons. The van der Waals surface area contributed by atoms with Gasteiger partial charge < -0.3 is 9.72 Å². The maximum Gasteiger partial charge on any atom is 0.251 e. The molecular weight excluding hydrogens is 216 g/mol. The zero-order chi connectivity index (χ0) is 12.3.